The Hall–Kier alpha value is -3.31. The van der Waals surface area contributed by atoms with Gasteiger partial charge in [-0.1, -0.05) is 64.3 Å². The van der Waals surface area contributed by atoms with E-state index in [9.17, 15) is 24.3 Å². The normalized spacial score (nSPS) is 18.2. The average molecular weight is 615 g/mol. The molecule has 11 heteroatoms. The first-order valence-corrected chi connectivity index (χ1v) is 16.0. The molecule has 0 aliphatic carbocycles. The van der Waals surface area contributed by atoms with Crippen molar-refractivity contribution in [3.05, 3.63) is 41.0 Å². The van der Waals surface area contributed by atoms with Gasteiger partial charge in [0, 0.05) is 25.8 Å². The van der Waals surface area contributed by atoms with Crippen LogP contribution in [0.3, 0.4) is 0 Å². The topological polar surface area (TPSA) is 149 Å². The third-order valence-electron chi connectivity index (χ3n) is 7.85. The molecule has 3 rings (SSSR count). The van der Waals surface area contributed by atoms with Crippen LogP contribution in [0.4, 0.5) is 0 Å². The fraction of sp³-hybridized carbons (Fsp3) is 0.594. The summed E-state index contributed by atoms with van der Waals surface area (Å²) in [6.07, 6.45) is 3.40. The molecule has 1 fully saturated rings. The Morgan fingerprint density at radius 1 is 1.02 bits per heavy atom. The number of amides is 3. The molecule has 1 aromatic carbocycles. The van der Waals surface area contributed by atoms with Gasteiger partial charge in [0.2, 0.25) is 17.7 Å². The minimum Gasteiger partial charge on any atom is -0.481 e. The number of hydrogen-bond donors (Lipinski definition) is 4. The molecule has 1 aromatic heterocycles. The molecule has 4 atom stereocenters. The number of rotatable bonds is 14. The minimum atomic E-state index is -0.865. The Kier molecular flexibility index (Phi) is 12.3. The largest absolute Gasteiger partial charge is 0.481 e. The van der Waals surface area contributed by atoms with Crippen molar-refractivity contribution < 1.29 is 29.4 Å². The van der Waals surface area contributed by atoms with Crippen LogP contribution < -0.4 is 10.6 Å². The van der Waals surface area contributed by atoms with Crippen LogP contribution in [0.2, 0.25) is 0 Å². The molecule has 0 bridgehead atoms. The number of carboxylic acid groups (broad SMARTS) is 1. The van der Waals surface area contributed by atoms with Gasteiger partial charge in [-0.3, -0.25) is 19.2 Å². The molecule has 1 aliphatic heterocycles. The van der Waals surface area contributed by atoms with Crippen molar-refractivity contribution in [1.29, 1.82) is 0 Å². The molecule has 4 unspecified atom stereocenters. The SMILES string of the molecule is Cc1ncsc1-c1ccc(C(C)NC(=O)C2CC(O)CN2C(=O)C(NC(=O)CCCCCCCC(=O)O)C(C)(C)C)cc1. The van der Waals surface area contributed by atoms with Crippen molar-refractivity contribution in [2.45, 2.75) is 110 Å². The zero-order valence-corrected chi connectivity index (χ0v) is 26.7. The molecule has 1 aliphatic rings. The second-order valence-corrected chi connectivity index (χ2v) is 13.4. The summed E-state index contributed by atoms with van der Waals surface area (Å²) in [5.74, 6) is -1.78. The van der Waals surface area contributed by atoms with E-state index in [2.05, 4.69) is 15.6 Å². The summed E-state index contributed by atoms with van der Waals surface area (Å²) in [6, 6.07) is 5.90. The van der Waals surface area contributed by atoms with E-state index >= 15 is 0 Å². The quantitative estimate of drug-likeness (QED) is 0.227. The zero-order chi connectivity index (χ0) is 31.7. The van der Waals surface area contributed by atoms with Crippen LogP contribution in [0.15, 0.2) is 29.8 Å². The number of hydrogen-bond acceptors (Lipinski definition) is 7. The lowest BCUT2D eigenvalue weighted by Gasteiger charge is -2.35. The van der Waals surface area contributed by atoms with Gasteiger partial charge < -0.3 is 25.7 Å². The summed E-state index contributed by atoms with van der Waals surface area (Å²) in [4.78, 5) is 57.5. The van der Waals surface area contributed by atoms with E-state index in [0.29, 0.717) is 12.8 Å². The molecular formula is C32H46N4O6S. The van der Waals surface area contributed by atoms with Crippen molar-refractivity contribution in [2.75, 3.05) is 6.54 Å². The van der Waals surface area contributed by atoms with Crippen LogP contribution in [-0.2, 0) is 19.2 Å². The number of aromatic nitrogens is 1. The Balaban J connectivity index is 1.59. The minimum absolute atomic E-state index is 0.0208. The standard InChI is InChI=1S/C32H46N4O6S/c1-20(22-13-15-23(16-14-22)28-21(2)33-19-43-28)34-30(41)25-17-24(37)18-36(25)31(42)29(32(3,4)5)35-26(38)11-9-7-6-8-10-12-27(39)40/h13-16,19-20,24-25,29,37H,6-12,17-18H2,1-5H3,(H,34,41)(H,35,38)(H,39,40). The molecule has 2 aromatic rings. The monoisotopic (exact) mass is 614 g/mol. The van der Waals surface area contributed by atoms with Gasteiger partial charge in [-0.2, -0.15) is 0 Å². The summed E-state index contributed by atoms with van der Waals surface area (Å²) in [7, 11) is 0. The highest BCUT2D eigenvalue weighted by molar-refractivity contribution is 7.13. The number of nitrogens with one attached hydrogen (secondary N) is 2. The maximum Gasteiger partial charge on any atom is 0.303 e. The Morgan fingerprint density at radius 3 is 2.23 bits per heavy atom. The van der Waals surface area contributed by atoms with Gasteiger partial charge in [0.25, 0.3) is 0 Å². The van der Waals surface area contributed by atoms with Crippen LogP contribution in [-0.4, -0.2) is 68.5 Å². The number of carboxylic acids is 1. The molecule has 0 saturated carbocycles. The number of β-amino-alcohol motifs (C(OH)–C–C–N with tert-alkyl or cyclic N) is 1. The molecule has 236 valence electrons. The number of nitrogens with zero attached hydrogens (tertiary/aromatic N) is 2. The van der Waals surface area contributed by atoms with Crippen LogP contribution in [0.25, 0.3) is 10.4 Å². The third kappa shape index (κ3) is 9.86. The summed E-state index contributed by atoms with van der Waals surface area (Å²) in [5.41, 5.74) is 4.14. The number of aliphatic carboxylic acids is 1. The third-order valence-corrected chi connectivity index (χ3v) is 8.83. The second kappa shape index (κ2) is 15.4. The number of benzene rings is 1. The van der Waals surface area contributed by atoms with Gasteiger partial charge in [-0.05, 0) is 43.2 Å². The van der Waals surface area contributed by atoms with Crippen LogP contribution >= 0.6 is 11.3 Å². The Bertz CT molecular complexity index is 1260. The molecule has 3 amide bonds. The van der Waals surface area contributed by atoms with E-state index < -0.39 is 29.6 Å². The second-order valence-electron chi connectivity index (χ2n) is 12.5. The number of carbonyl (C=O) groups is 4. The number of aliphatic hydroxyl groups excluding tert-OH is 1. The van der Waals surface area contributed by atoms with Crippen molar-refractivity contribution >= 4 is 35.0 Å². The average Bonchev–Trinajstić information content (AvgIpc) is 3.55. The van der Waals surface area contributed by atoms with Crippen molar-refractivity contribution in [3.63, 3.8) is 0 Å². The zero-order valence-electron chi connectivity index (χ0n) is 25.9. The smallest absolute Gasteiger partial charge is 0.303 e. The first-order chi connectivity index (χ1) is 20.3. The lowest BCUT2D eigenvalue weighted by Crippen LogP contribution is -2.57. The first kappa shape index (κ1) is 34.2. The predicted molar refractivity (Wildman–Crippen MR) is 166 cm³/mol. The summed E-state index contributed by atoms with van der Waals surface area (Å²) < 4.78 is 0. The van der Waals surface area contributed by atoms with Crippen LogP contribution in [0.5, 0.6) is 0 Å². The summed E-state index contributed by atoms with van der Waals surface area (Å²) in [5, 5.41) is 25.1. The van der Waals surface area contributed by atoms with Crippen LogP contribution in [0.1, 0.15) is 96.4 Å². The highest BCUT2D eigenvalue weighted by Gasteiger charge is 2.44. The number of aryl methyl sites for hydroxylation is 1. The van der Waals surface area contributed by atoms with Gasteiger partial charge >= 0.3 is 5.97 Å². The highest BCUT2D eigenvalue weighted by Crippen LogP contribution is 2.29. The van der Waals surface area contributed by atoms with E-state index in [1.54, 1.807) is 11.3 Å². The van der Waals surface area contributed by atoms with E-state index in [1.807, 2.05) is 64.4 Å². The lowest BCUT2D eigenvalue weighted by molar-refractivity contribution is -0.144. The van der Waals surface area contributed by atoms with Gasteiger partial charge in [0.05, 0.1) is 28.2 Å². The predicted octanol–water partition coefficient (Wildman–Crippen LogP) is 4.60. The first-order valence-electron chi connectivity index (χ1n) is 15.1. The Morgan fingerprint density at radius 2 is 1.65 bits per heavy atom. The summed E-state index contributed by atoms with van der Waals surface area (Å²) >= 11 is 1.58. The highest BCUT2D eigenvalue weighted by atomic mass is 32.1. The van der Waals surface area contributed by atoms with E-state index in [1.165, 1.54) is 4.90 Å². The van der Waals surface area contributed by atoms with Crippen molar-refractivity contribution in [2.24, 2.45) is 5.41 Å². The summed E-state index contributed by atoms with van der Waals surface area (Å²) in [6.45, 7) is 9.45. The van der Waals surface area contributed by atoms with Gasteiger partial charge in [0.15, 0.2) is 0 Å². The molecular weight excluding hydrogens is 568 g/mol. The molecule has 4 N–H and O–H groups in total. The molecule has 0 spiro atoms. The van der Waals surface area contributed by atoms with E-state index in [0.717, 1.165) is 41.0 Å². The Labute approximate surface area is 258 Å². The van der Waals surface area contributed by atoms with Gasteiger partial charge in [-0.15, -0.1) is 11.3 Å². The van der Waals surface area contributed by atoms with Crippen molar-refractivity contribution in [3.8, 4) is 10.4 Å². The van der Waals surface area contributed by atoms with Crippen LogP contribution in [0, 0.1) is 12.3 Å². The fourth-order valence-corrected chi connectivity index (χ4v) is 6.15. The number of thiazole rings is 1. The molecule has 0 radical (unpaired) electrons. The maximum absolute atomic E-state index is 13.8. The van der Waals surface area contributed by atoms with Crippen molar-refractivity contribution in [1.82, 2.24) is 20.5 Å². The lowest BCUT2D eigenvalue weighted by atomic mass is 9.85. The number of carbonyl (C=O) groups excluding carboxylic acids is 3. The fourth-order valence-electron chi connectivity index (χ4n) is 5.34. The molecule has 43 heavy (non-hydrogen) atoms. The van der Waals surface area contributed by atoms with E-state index in [4.69, 9.17) is 5.11 Å². The number of unbranched alkanes of at least 4 members (excludes halogenated alkanes) is 4. The molecule has 2 heterocycles. The molecule has 10 nitrogen and oxygen atoms in total. The van der Waals surface area contributed by atoms with Gasteiger partial charge in [-0.25, -0.2) is 4.98 Å². The van der Waals surface area contributed by atoms with E-state index in [-0.39, 0.29) is 49.6 Å². The molecule has 1 saturated heterocycles. The number of likely N-dealkylation sites (tertiary alicyclic amines) is 1. The number of aliphatic hydroxyl groups is 1. The maximum atomic E-state index is 13.8. The van der Waals surface area contributed by atoms with Gasteiger partial charge in [0.1, 0.15) is 12.1 Å².